The zero-order valence-corrected chi connectivity index (χ0v) is 22.7. The van der Waals surface area contributed by atoms with Crippen molar-refractivity contribution in [3.05, 3.63) is 40.2 Å². The molecule has 6 rings (SSSR count). The van der Waals surface area contributed by atoms with Crippen molar-refractivity contribution in [2.75, 3.05) is 50.5 Å². The molecule has 3 aliphatic rings. The minimum absolute atomic E-state index is 0.0263. The average molecular weight is 579 g/mol. The third-order valence-corrected chi connectivity index (χ3v) is 8.30. The highest BCUT2D eigenvalue weighted by atomic mass is 35.5. The molecule has 0 spiro atoms. The molecule has 0 bridgehead atoms. The van der Waals surface area contributed by atoms with E-state index in [4.69, 9.17) is 26.8 Å². The fourth-order valence-electron chi connectivity index (χ4n) is 6.19. The Bertz CT molecular complexity index is 1560. The Balaban J connectivity index is 1.55. The second-order valence-corrected chi connectivity index (χ2v) is 11.1. The molecule has 1 atom stereocenters. The molecule has 1 aromatic carbocycles. The first-order chi connectivity index (χ1) is 18.9. The van der Waals surface area contributed by atoms with E-state index in [-0.39, 0.29) is 57.8 Å². The van der Waals surface area contributed by atoms with Gasteiger partial charge in [0.05, 0.1) is 39.3 Å². The Hall–Kier alpha value is -3.38. The van der Waals surface area contributed by atoms with Crippen LogP contribution in [0.15, 0.2) is 18.2 Å². The Morgan fingerprint density at radius 1 is 1.25 bits per heavy atom. The van der Waals surface area contributed by atoms with Crippen molar-refractivity contribution in [1.82, 2.24) is 19.9 Å². The van der Waals surface area contributed by atoms with Gasteiger partial charge in [-0.2, -0.15) is 23.1 Å². The fraction of sp³-hybridized carbons (Fsp3) is 0.444. The van der Waals surface area contributed by atoms with Gasteiger partial charge in [0.2, 0.25) is 0 Å². The summed E-state index contributed by atoms with van der Waals surface area (Å²) >= 11 is 6.61. The molecule has 0 saturated carbocycles. The van der Waals surface area contributed by atoms with Crippen molar-refractivity contribution >= 4 is 34.1 Å². The lowest BCUT2D eigenvalue weighted by Crippen LogP contribution is -2.43. The molecule has 0 aliphatic carbocycles. The molecule has 0 radical (unpaired) electrons. The minimum atomic E-state index is -4.86. The number of halogens is 5. The van der Waals surface area contributed by atoms with Crippen molar-refractivity contribution in [2.24, 2.45) is 0 Å². The standard InChI is InChI=1S/C27H27ClF4N6O2/c1-13-10-26(5-4-6-38(26)11-13)12-40-25-35-22-17-23(39-8-7-37(3)24(17)36-25)19(28)16(20(22)29)21-18(27(30,31)32)14(2)9-15(33)34-21/h9H,1,4-8,10-12H2,2-3H3,(H2,33,34)/t26-/m0/s1. The number of aryl methyl sites for hydroxylation is 1. The molecule has 212 valence electrons. The summed E-state index contributed by atoms with van der Waals surface area (Å²) in [5.74, 6) is -1.05. The molecule has 8 nitrogen and oxygen atoms in total. The Morgan fingerprint density at radius 3 is 2.77 bits per heavy atom. The highest BCUT2D eigenvalue weighted by molar-refractivity contribution is 6.36. The first-order valence-corrected chi connectivity index (χ1v) is 13.2. The van der Waals surface area contributed by atoms with Gasteiger partial charge in [-0.25, -0.2) is 9.37 Å². The van der Waals surface area contributed by atoms with Gasteiger partial charge >= 0.3 is 12.2 Å². The van der Waals surface area contributed by atoms with Crippen LogP contribution in [0, 0.1) is 12.7 Å². The van der Waals surface area contributed by atoms with E-state index in [1.807, 2.05) is 0 Å². The van der Waals surface area contributed by atoms with E-state index in [1.165, 1.54) is 6.92 Å². The number of nitrogens with two attached hydrogens (primary N) is 1. The van der Waals surface area contributed by atoms with Crippen LogP contribution in [0.1, 0.15) is 30.4 Å². The highest BCUT2D eigenvalue weighted by Crippen LogP contribution is 2.50. The quantitative estimate of drug-likeness (QED) is 0.325. The normalized spacial score (nSPS) is 21.1. The van der Waals surface area contributed by atoms with Gasteiger partial charge in [0.25, 0.3) is 0 Å². The summed E-state index contributed by atoms with van der Waals surface area (Å²) in [6, 6.07) is 0.982. The van der Waals surface area contributed by atoms with E-state index < -0.39 is 28.8 Å². The summed E-state index contributed by atoms with van der Waals surface area (Å²) in [5.41, 5.74) is 3.71. The monoisotopic (exact) mass is 578 g/mol. The third-order valence-electron chi connectivity index (χ3n) is 7.94. The molecule has 2 saturated heterocycles. The van der Waals surface area contributed by atoms with Crippen LogP contribution in [-0.2, 0) is 6.18 Å². The average Bonchev–Trinajstić information content (AvgIpc) is 3.32. The number of hydrogen-bond acceptors (Lipinski definition) is 8. The van der Waals surface area contributed by atoms with E-state index >= 15 is 4.39 Å². The second kappa shape index (κ2) is 9.34. The molecule has 0 unspecified atom stereocenters. The number of nitrogen functional groups attached to an aromatic ring is 1. The van der Waals surface area contributed by atoms with Gasteiger partial charge in [-0.05, 0) is 44.4 Å². The number of likely N-dealkylation sites (N-methyl/N-ethyl adjacent to an activating group) is 1. The topological polar surface area (TPSA) is 89.6 Å². The van der Waals surface area contributed by atoms with Crippen molar-refractivity contribution in [3.8, 4) is 23.0 Å². The molecule has 0 amide bonds. The molecular formula is C27H27ClF4N6O2. The Kier molecular flexibility index (Phi) is 6.26. The molecule has 3 aromatic rings. The van der Waals surface area contributed by atoms with Gasteiger partial charge in [-0.3, -0.25) is 4.90 Å². The number of aromatic nitrogens is 3. The minimum Gasteiger partial charge on any atom is -0.489 e. The third kappa shape index (κ3) is 4.19. The summed E-state index contributed by atoms with van der Waals surface area (Å²) in [5, 5.41) is -0.227. The predicted octanol–water partition coefficient (Wildman–Crippen LogP) is 5.40. The highest BCUT2D eigenvalue weighted by Gasteiger charge is 2.47. The zero-order chi connectivity index (χ0) is 28.6. The van der Waals surface area contributed by atoms with E-state index in [1.54, 1.807) is 11.9 Å². The van der Waals surface area contributed by atoms with E-state index in [9.17, 15) is 13.2 Å². The molecule has 40 heavy (non-hydrogen) atoms. The lowest BCUT2D eigenvalue weighted by Gasteiger charge is -2.31. The van der Waals surface area contributed by atoms with Crippen LogP contribution in [0.4, 0.5) is 29.2 Å². The SMILES string of the molecule is C=C1CN2CCC[C@@]2(COc2nc3c4c(c(Cl)c(-c5nc(N)cc(C)c5C(F)(F)F)c(F)c4n2)OCCN3C)C1. The number of rotatable bonds is 4. The van der Waals surface area contributed by atoms with Crippen LogP contribution in [0.3, 0.4) is 0 Å². The second-order valence-electron chi connectivity index (χ2n) is 10.7. The number of alkyl halides is 3. The first kappa shape index (κ1) is 26.8. The van der Waals surface area contributed by atoms with Crippen LogP contribution < -0.4 is 20.1 Å². The molecule has 3 aliphatic heterocycles. The van der Waals surface area contributed by atoms with Crippen LogP contribution in [0.5, 0.6) is 11.8 Å². The van der Waals surface area contributed by atoms with Gasteiger partial charge in [0.15, 0.2) is 11.6 Å². The van der Waals surface area contributed by atoms with E-state index in [2.05, 4.69) is 26.4 Å². The lowest BCUT2D eigenvalue weighted by atomic mass is 9.94. The molecular weight excluding hydrogens is 552 g/mol. The maximum Gasteiger partial charge on any atom is 0.418 e. The molecule has 2 fully saturated rings. The van der Waals surface area contributed by atoms with Crippen LogP contribution in [0.25, 0.3) is 22.2 Å². The largest absolute Gasteiger partial charge is 0.489 e. The smallest absolute Gasteiger partial charge is 0.418 e. The zero-order valence-electron chi connectivity index (χ0n) is 22.0. The number of ether oxygens (including phenoxy) is 2. The Labute approximate surface area is 232 Å². The predicted molar refractivity (Wildman–Crippen MR) is 143 cm³/mol. The van der Waals surface area contributed by atoms with Crippen LogP contribution in [-0.4, -0.2) is 65.3 Å². The maximum atomic E-state index is 16.4. The van der Waals surface area contributed by atoms with Gasteiger partial charge in [0, 0.05) is 13.6 Å². The molecule has 2 aromatic heterocycles. The van der Waals surface area contributed by atoms with Crippen molar-refractivity contribution < 1.29 is 27.0 Å². The number of pyridine rings is 1. The Morgan fingerprint density at radius 2 is 2.02 bits per heavy atom. The lowest BCUT2D eigenvalue weighted by molar-refractivity contribution is -0.137. The molecule has 2 N–H and O–H groups in total. The van der Waals surface area contributed by atoms with Crippen molar-refractivity contribution in [2.45, 2.75) is 37.9 Å². The fourth-order valence-corrected chi connectivity index (χ4v) is 6.51. The van der Waals surface area contributed by atoms with Crippen LogP contribution >= 0.6 is 11.6 Å². The number of hydrogen-bond donors (Lipinski definition) is 1. The summed E-state index contributed by atoms with van der Waals surface area (Å²) < 4.78 is 71.0. The number of benzene rings is 1. The van der Waals surface area contributed by atoms with Gasteiger partial charge in [-0.15, -0.1) is 0 Å². The molecule has 5 heterocycles. The van der Waals surface area contributed by atoms with E-state index in [0.29, 0.717) is 12.4 Å². The van der Waals surface area contributed by atoms with Crippen molar-refractivity contribution in [1.29, 1.82) is 0 Å². The van der Waals surface area contributed by atoms with Gasteiger partial charge in [-0.1, -0.05) is 23.8 Å². The summed E-state index contributed by atoms with van der Waals surface area (Å²) in [6.07, 6.45) is -2.14. The van der Waals surface area contributed by atoms with Gasteiger partial charge < -0.3 is 20.1 Å². The van der Waals surface area contributed by atoms with E-state index in [0.717, 1.165) is 44.0 Å². The maximum absolute atomic E-state index is 16.4. The molecule has 13 heteroatoms. The summed E-state index contributed by atoms with van der Waals surface area (Å²) in [4.78, 5) is 16.9. The summed E-state index contributed by atoms with van der Waals surface area (Å²) in [6.45, 7) is 7.83. The van der Waals surface area contributed by atoms with Crippen LogP contribution in [0.2, 0.25) is 5.02 Å². The van der Waals surface area contributed by atoms with Crippen molar-refractivity contribution in [3.63, 3.8) is 0 Å². The summed E-state index contributed by atoms with van der Waals surface area (Å²) in [7, 11) is 1.74. The number of anilines is 2. The first-order valence-electron chi connectivity index (χ1n) is 12.9. The number of nitrogens with zero attached hydrogens (tertiary/aromatic N) is 5. The van der Waals surface area contributed by atoms with Gasteiger partial charge in [0.1, 0.15) is 30.4 Å². The number of fused-ring (bicyclic) bond motifs is 1.